The SMILES string of the molecule is Cc1ccc(C(=O)Nc2cccc(C(F)(F)F)c2)cc1-c1cc2cnc(N)nc2c(-c2ccc(N3CCN(CCO)CC3)nc2)c1O. The van der Waals surface area contributed by atoms with Gasteiger partial charge in [0.1, 0.15) is 11.6 Å². The molecule has 1 aliphatic heterocycles. The van der Waals surface area contributed by atoms with Crippen LogP contribution in [-0.2, 0) is 6.18 Å². The molecule has 0 saturated carbocycles. The number of nitrogen functional groups attached to an aromatic ring is 1. The Labute approximate surface area is 268 Å². The van der Waals surface area contributed by atoms with Gasteiger partial charge in [-0.15, -0.1) is 0 Å². The third kappa shape index (κ3) is 6.67. The molecule has 47 heavy (non-hydrogen) atoms. The van der Waals surface area contributed by atoms with Crippen LogP contribution in [0.1, 0.15) is 21.5 Å². The minimum atomic E-state index is -4.55. The number of aromatic hydroxyl groups is 1. The number of rotatable bonds is 7. The lowest BCUT2D eigenvalue weighted by Crippen LogP contribution is -2.47. The molecule has 10 nitrogen and oxygen atoms in total. The summed E-state index contributed by atoms with van der Waals surface area (Å²) in [6.45, 7) is 5.72. The zero-order valence-electron chi connectivity index (χ0n) is 25.4. The van der Waals surface area contributed by atoms with Gasteiger partial charge in [0.2, 0.25) is 5.95 Å². The number of amides is 1. The molecule has 0 atom stereocenters. The van der Waals surface area contributed by atoms with E-state index in [1.807, 2.05) is 19.1 Å². The topological polar surface area (TPSA) is 141 Å². The molecule has 1 fully saturated rings. The number of carbonyl (C=O) groups is 1. The number of hydrogen-bond acceptors (Lipinski definition) is 9. The minimum Gasteiger partial charge on any atom is -0.507 e. The van der Waals surface area contributed by atoms with Crippen molar-refractivity contribution in [2.75, 3.05) is 55.3 Å². The summed E-state index contributed by atoms with van der Waals surface area (Å²) in [4.78, 5) is 30.8. The number of hydrogen-bond donors (Lipinski definition) is 4. The van der Waals surface area contributed by atoms with Gasteiger partial charge >= 0.3 is 6.18 Å². The van der Waals surface area contributed by atoms with E-state index in [2.05, 4.69) is 30.1 Å². The number of phenolic OH excluding ortho intramolecular Hbond substituents is 1. The number of fused-ring (bicyclic) bond motifs is 1. The Hall–Kier alpha value is -5.27. The number of aryl methyl sites for hydroxylation is 1. The summed E-state index contributed by atoms with van der Waals surface area (Å²) in [5, 5.41) is 24.2. The Morgan fingerprint density at radius 3 is 2.47 bits per heavy atom. The summed E-state index contributed by atoms with van der Waals surface area (Å²) in [6.07, 6.45) is -1.33. The van der Waals surface area contributed by atoms with Gasteiger partial charge in [-0.05, 0) is 66.6 Å². The van der Waals surface area contributed by atoms with Gasteiger partial charge in [0.25, 0.3) is 5.91 Å². The molecule has 6 rings (SSSR count). The van der Waals surface area contributed by atoms with Gasteiger partial charge in [-0.2, -0.15) is 13.2 Å². The van der Waals surface area contributed by atoms with Gasteiger partial charge in [0.05, 0.1) is 23.3 Å². The number of phenols is 1. The van der Waals surface area contributed by atoms with Crippen LogP contribution < -0.4 is 16.0 Å². The van der Waals surface area contributed by atoms with E-state index in [0.29, 0.717) is 39.7 Å². The van der Waals surface area contributed by atoms with Crippen molar-refractivity contribution >= 4 is 34.3 Å². The summed E-state index contributed by atoms with van der Waals surface area (Å²) in [7, 11) is 0. The summed E-state index contributed by atoms with van der Waals surface area (Å²) < 4.78 is 39.6. The molecule has 0 radical (unpaired) electrons. The zero-order valence-corrected chi connectivity index (χ0v) is 25.4. The van der Waals surface area contributed by atoms with Crippen LogP contribution in [0.2, 0.25) is 0 Å². The first-order chi connectivity index (χ1) is 22.5. The van der Waals surface area contributed by atoms with E-state index in [1.54, 1.807) is 36.7 Å². The van der Waals surface area contributed by atoms with Crippen LogP contribution in [0.4, 0.5) is 30.6 Å². The van der Waals surface area contributed by atoms with E-state index in [-0.39, 0.29) is 29.6 Å². The van der Waals surface area contributed by atoms with Crippen molar-refractivity contribution < 1.29 is 28.2 Å². The first-order valence-corrected chi connectivity index (χ1v) is 14.9. The average molecular weight is 644 g/mol. The highest BCUT2D eigenvalue weighted by Gasteiger charge is 2.30. The average Bonchev–Trinajstić information content (AvgIpc) is 3.05. The number of nitrogens with zero attached hydrogens (tertiary/aromatic N) is 5. The smallest absolute Gasteiger partial charge is 0.416 e. The Morgan fingerprint density at radius 1 is 0.979 bits per heavy atom. The molecule has 1 saturated heterocycles. The molecule has 5 N–H and O–H groups in total. The van der Waals surface area contributed by atoms with Gasteiger partial charge in [0.15, 0.2) is 0 Å². The van der Waals surface area contributed by atoms with E-state index in [0.717, 1.165) is 49.7 Å². The number of nitrogens with two attached hydrogens (primary N) is 1. The Kier molecular flexibility index (Phi) is 8.67. The first-order valence-electron chi connectivity index (χ1n) is 14.9. The number of alkyl halides is 3. The number of aliphatic hydroxyl groups is 1. The van der Waals surface area contributed by atoms with Gasteiger partial charge in [-0.3, -0.25) is 9.69 Å². The molecule has 1 amide bonds. The highest BCUT2D eigenvalue weighted by molar-refractivity contribution is 6.06. The van der Waals surface area contributed by atoms with Gasteiger partial charge in [-0.1, -0.05) is 12.1 Å². The number of pyridine rings is 1. The summed E-state index contributed by atoms with van der Waals surface area (Å²) >= 11 is 0. The Balaban J connectivity index is 1.36. The second kappa shape index (κ2) is 12.9. The van der Waals surface area contributed by atoms with Crippen LogP contribution in [0.15, 0.2) is 73.1 Å². The van der Waals surface area contributed by atoms with Crippen molar-refractivity contribution in [3.63, 3.8) is 0 Å². The van der Waals surface area contributed by atoms with Crippen LogP contribution >= 0.6 is 0 Å². The molecule has 0 unspecified atom stereocenters. The van der Waals surface area contributed by atoms with Gasteiger partial charge in [0, 0.05) is 72.9 Å². The fourth-order valence-electron chi connectivity index (χ4n) is 5.75. The number of carbonyl (C=O) groups excluding carboxylic acids is 1. The number of anilines is 3. The van der Waals surface area contributed by atoms with Crippen molar-refractivity contribution in [1.82, 2.24) is 19.9 Å². The summed E-state index contributed by atoms with van der Waals surface area (Å²) in [5.41, 5.74) is 8.32. The molecule has 1 aliphatic rings. The third-order valence-electron chi connectivity index (χ3n) is 8.25. The standard InChI is InChI=1S/C34H32F3N7O3/c1-20-5-6-21(32(47)41-25-4-2-3-24(17-25)34(35,36)37)15-26(20)27-16-23-19-40-33(38)42-30(23)29(31(27)46)22-7-8-28(39-18-22)44-11-9-43(10-12-44)13-14-45/h2-8,15-19,45-46H,9-14H2,1H3,(H,41,47)(H2,38,40,42). The third-order valence-corrected chi connectivity index (χ3v) is 8.25. The molecule has 242 valence electrons. The lowest BCUT2D eigenvalue weighted by molar-refractivity contribution is -0.137. The molecule has 3 heterocycles. The van der Waals surface area contributed by atoms with Crippen molar-refractivity contribution in [1.29, 1.82) is 0 Å². The number of nitrogens with one attached hydrogen (secondary N) is 1. The molecule has 5 aromatic rings. The lowest BCUT2D eigenvalue weighted by Gasteiger charge is -2.35. The van der Waals surface area contributed by atoms with Crippen LogP contribution in [0.3, 0.4) is 0 Å². The van der Waals surface area contributed by atoms with Crippen molar-refractivity contribution in [3.8, 4) is 28.0 Å². The quantitative estimate of drug-likeness (QED) is 0.185. The summed E-state index contributed by atoms with van der Waals surface area (Å²) in [6, 6.07) is 14.7. The van der Waals surface area contributed by atoms with Crippen molar-refractivity contribution in [2.24, 2.45) is 0 Å². The molecule has 0 aliphatic carbocycles. The second-order valence-electron chi connectivity index (χ2n) is 11.3. The normalized spacial score (nSPS) is 14.0. The largest absolute Gasteiger partial charge is 0.507 e. The van der Waals surface area contributed by atoms with Crippen LogP contribution in [0.5, 0.6) is 5.75 Å². The maximum atomic E-state index is 13.2. The molecule has 0 spiro atoms. The van der Waals surface area contributed by atoms with E-state index in [9.17, 15) is 28.2 Å². The number of aliphatic hydroxyl groups excluding tert-OH is 1. The van der Waals surface area contributed by atoms with E-state index < -0.39 is 17.6 Å². The molecular weight excluding hydrogens is 611 g/mol. The van der Waals surface area contributed by atoms with Gasteiger partial charge in [-0.25, -0.2) is 15.0 Å². The van der Waals surface area contributed by atoms with E-state index >= 15 is 0 Å². The number of aromatic nitrogens is 3. The van der Waals surface area contributed by atoms with Crippen LogP contribution in [0, 0.1) is 6.92 Å². The lowest BCUT2D eigenvalue weighted by atomic mass is 9.92. The minimum absolute atomic E-state index is 0.000474. The molecule has 13 heteroatoms. The molecule has 0 bridgehead atoms. The fourth-order valence-corrected chi connectivity index (χ4v) is 5.75. The van der Waals surface area contributed by atoms with Crippen molar-refractivity contribution in [3.05, 3.63) is 89.7 Å². The maximum absolute atomic E-state index is 13.2. The second-order valence-corrected chi connectivity index (χ2v) is 11.3. The fraction of sp³-hybridized carbons (Fsp3) is 0.235. The molecular formula is C34H32F3N7O3. The highest BCUT2D eigenvalue weighted by atomic mass is 19.4. The maximum Gasteiger partial charge on any atom is 0.416 e. The zero-order chi connectivity index (χ0) is 33.3. The molecule has 2 aromatic heterocycles. The first kappa shape index (κ1) is 31.7. The predicted molar refractivity (Wildman–Crippen MR) is 174 cm³/mol. The van der Waals surface area contributed by atoms with Gasteiger partial charge < -0.3 is 26.2 Å². The van der Waals surface area contributed by atoms with Crippen molar-refractivity contribution in [2.45, 2.75) is 13.1 Å². The van der Waals surface area contributed by atoms with Crippen LogP contribution in [-0.4, -0.2) is 75.3 Å². The highest BCUT2D eigenvalue weighted by Crippen LogP contribution is 2.44. The predicted octanol–water partition coefficient (Wildman–Crippen LogP) is 5.34. The summed E-state index contributed by atoms with van der Waals surface area (Å²) in [5.74, 6) is 0.0861. The monoisotopic (exact) mass is 643 g/mol. The number of β-amino-alcohol motifs (C(OH)–C–C–N with tert-alkyl or cyclic N) is 1. The molecule has 3 aromatic carbocycles. The number of piperazine rings is 1. The van der Waals surface area contributed by atoms with E-state index in [4.69, 9.17) is 5.73 Å². The van der Waals surface area contributed by atoms with Crippen LogP contribution in [0.25, 0.3) is 33.2 Å². The van der Waals surface area contributed by atoms with E-state index in [1.165, 1.54) is 12.1 Å². The number of halogens is 3. The number of benzene rings is 3. The Morgan fingerprint density at radius 2 is 1.77 bits per heavy atom. The Bertz CT molecular complexity index is 1940.